The maximum absolute atomic E-state index is 12.8. The van der Waals surface area contributed by atoms with E-state index in [0.29, 0.717) is 11.4 Å². The molecule has 0 bridgehead atoms. The van der Waals surface area contributed by atoms with E-state index in [9.17, 15) is 24.3 Å². The van der Waals surface area contributed by atoms with Gasteiger partial charge in [0.15, 0.2) is 0 Å². The summed E-state index contributed by atoms with van der Waals surface area (Å²) in [7, 11) is 2.56. The molecule has 10 nitrogen and oxygen atoms in total. The number of rotatable bonds is 3. The van der Waals surface area contributed by atoms with E-state index in [1.54, 1.807) is 6.92 Å². The molecule has 0 aliphatic carbocycles. The van der Waals surface area contributed by atoms with E-state index in [2.05, 4.69) is 5.10 Å². The monoisotopic (exact) mass is 384 g/mol. The van der Waals surface area contributed by atoms with Crippen LogP contribution in [-0.2, 0) is 18.9 Å². The van der Waals surface area contributed by atoms with Gasteiger partial charge < -0.3 is 10.2 Å². The summed E-state index contributed by atoms with van der Waals surface area (Å²) in [6.07, 6.45) is 1.18. The molecule has 144 valence electrons. The summed E-state index contributed by atoms with van der Waals surface area (Å²) in [6.45, 7) is 1.55. The van der Waals surface area contributed by atoms with Crippen LogP contribution < -0.4 is 16.3 Å². The topological polar surface area (TPSA) is 134 Å². The number of hydrogen-bond donors (Lipinski definition) is 2. The van der Waals surface area contributed by atoms with Crippen molar-refractivity contribution < 1.29 is 19.8 Å². The Balaban J connectivity index is 2.06. The first-order valence-electron chi connectivity index (χ1n) is 8.07. The third-order valence-electron chi connectivity index (χ3n) is 4.38. The van der Waals surface area contributed by atoms with E-state index >= 15 is 0 Å². The second kappa shape index (κ2) is 6.65. The van der Waals surface area contributed by atoms with Gasteiger partial charge in [0, 0.05) is 14.1 Å². The Morgan fingerprint density at radius 1 is 1.07 bits per heavy atom. The lowest BCUT2D eigenvalue weighted by Crippen LogP contribution is -2.38. The summed E-state index contributed by atoms with van der Waals surface area (Å²) in [4.78, 5) is 47.9. The van der Waals surface area contributed by atoms with E-state index in [0.717, 1.165) is 14.1 Å². The number of amides is 1. The molecule has 10 heteroatoms. The van der Waals surface area contributed by atoms with Gasteiger partial charge in [-0.1, -0.05) is 0 Å². The number of carboxylic acid groups (broad SMARTS) is 1. The van der Waals surface area contributed by atoms with Crippen LogP contribution in [0, 0.1) is 0 Å². The maximum atomic E-state index is 12.8. The summed E-state index contributed by atoms with van der Waals surface area (Å²) in [6, 6.07) is 5.55. The van der Waals surface area contributed by atoms with Crippen LogP contribution in [0.2, 0.25) is 0 Å². The number of carboxylic acids is 1. The molecule has 3 rings (SSSR count). The molecule has 0 atom stereocenters. The number of hydrazone groups is 1. The van der Waals surface area contributed by atoms with E-state index in [-0.39, 0.29) is 16.7 Å². The van der Waals surface area contributed by atoms with E-state index in [1.165, 1.54) is 44.4 Å². The lowest BCUT2D eigenvalue weighted by Gasteiger charge is -2.12. The minimum absolute atomic E-state index is 0.0606. The summed E-state index contributed by atoms with van der Waals surface area (Å²) in [5.41, 5.74) is -0.909. The Labute approximate surface area is 157 Å². The standard InChI is InChI=1S/C18H16N4O6/c1-9-12(8-13-14(23)20(2)18(28)21(3)15(13)24)16(25)22(19-9)11-6-4-10(5-7-11)17(26)27/h4-8,23H,1-3H3,(H,26,27)/b12-8-. The smallest absolute Gasteiger partial charge is 0.335 e. The fourth-order valence-corrected chi connectivity index (χ4v) is 2.73. The molecule has 2 heterocycles. The highest BCUT2D eigenvalue weighted by Crippen LogP contribution is 2.26. The van der Waals surface area contributed by atoms with Gasteiger partial charge in [-0.05, 0) is 37.3 Å². The molecule has 1 amide bonds. The minimum Gasteiger partial charge on any atom is -0.494 e. The zero-order valence-corrected chi connectivity index (χ0v) is 15.2. The van der Waals surface area contributed by atoms with Crippen molar-refractivity contribution in [2.75, 3.05) is 5.01 Å². The molecule has 0 radical (unpaired) electrons. The van der Waals surface area contributed by atoms with Gasteiger partial charge in [0.25, 0.3) is 11.5 Å². The van der Waals surface area contributed by atoms with Gasteiger partial charge >= 0.3 is 11.7 Å². The SMILES string of the molecule is CC1=NN(c2ccc(C(=O)O)cc2)C(=O)/C1=C\c1c(O)n(C)c(=O)n(C)c1=O. The first kappa shape index (κ1) is 18.8. The summed E-state index contributed by atoms with van der Waals surface area (Å²) in [5.74, 6) is -2.22. The molecule has 1 aromatic heterocycles. The number of nitrogens with zero attached hydrogens (tertiary/aromatic N) is 4. The Morgan fingerprint density at radius 2 is 1.68 bits per heavy atom. The third kappa shape index (κ3) is 2.90. The Kier molecular flexibility index (Phi) is 4.47. The Bertz CT molecular complexity index is 1180. The van der Waals surface area contributed by atoms with Gasteiger partial charge in [-0.2, -0.15) is 10.1 Å². The molecular weight excluding hydrogens is 368 g/mol. The number of carbonyl (C=O) groups excluding carboxylic acids is 1. The molecule has 0 spiro atoms. The number of hydrogen-bond acceptors (Lipinski definition) is 6. The normalized spacial score (nSPS) is 15.2. The molecule has 0 fully saturated rings. The summed E-state index contributed by atoms with van der Waals surface area (Å²) < 4.78 is 1.71. The zero-order chi connectivity index (χ0) is 20.7. The van der Waals surface area contributed by atoms with Crippen molar-refractivity contribution >= 4 is 29.4 Å². The van der Waals surface area contributed by atoms with Crippen molar-refractivity contribution in [2.45, 2.75) is 6.92 Å². The molecule has 2 N–H and O–H groups in total. The van der Waals surface area contributed by atoms with Gasteiger partial charge in [0.2, 0.25) is 5.88 Å². The number of anilines is 1. The quantitative estimate of drug-likeness (QED) is 0.731. The van der Waals surface area contributed by atoms with Gasteiger partial charge in [0.05, 0.1) is 22.5 Å². The minimum atomic E-state index is -1.10. The summed E-state index contributed by atoms with van der Waals surface area (Å²) in [5, 5.41) is 24.3. The molecule has 28 heavy (non-hydrogen) atoms. The second-order valence-electron chi connectivity index (χ2n) is 6.16. The highest BCUT2D eigenvalue weighted by molar-refractivity contribution is 6.32. The van der Waals surface area contributed by atoms with Gasteiger partial charge in [-0.15, -0.1) is 0 Å². The highest BCUT2D eigenvalue weighted by atomic mass is 16.4. The molecule has 0 saturated carbocycles. The molecule has 1 aromatic carbocycles. The van der Waals surface area contributed by atoms with Crippen molar-refractivity contribution in [3.05, 3.63) is 61.8 Å². The van der Waals surface area contributed by atoms with Crippen LogP contribution in [0.1, 0.15) is 22.8 Å². The van der Waals surface area contributed by atoms with Gasteiger partial charge in [-0.25, -0.2) is 9.59 Å². The maximum Gasteiger partial charge on any atom is 0.335 e. The number of benzene rings is 1. The fraction of sp³-hybridized carbons (Fsp3) is 0.167. The zero-order valence-electron chi connectivity index (χ0n) is 15.2. The van der Waals surface area contributed by atoms with Crippen molar-refractivity contribution in [3.63, 3.8) is 0 Å². The number of aromatic hydroxyl groups is 1. The number of carbonyl (C=O) groups is 2. The molecule has 2 aromatic rings. The Morgan fingerprint density at radius 3 is 2.25 bits per heavy atom. The third-order valence-corrected chi connectivity index (χ3v) is 4.38. The fourth-order valence-electron chi connectivity index (χ4n) is 2.73. The Hall–Kier alpha value is -3.95. The van der Waals surface area contributed by atoms with Gasteiger partial charge in [0.1, 0.15) is 5.56 Å². The van der Waals surface area contributed by atoms with E-state index in [4.69, 9.17) is 5.11 Å². The van der Waals surface area contributed by atoms with Crippen molar-refractivity contribution in [1.29, 1.82) is 0 Å². The first-order chi connectivity index (χ1) is 13.1. The van der Waals surface area contributed by atoms with Crippen LogP contribution in [0.25, 0.3) is 6.08 Å². The second-order valence-corrected chi connectivity index (χ2v) is 6.16. The lowest BCUT2D eigenvalue weighted by molar-refractivity contribution is -0.114. The van der Waals surface area contributed by atoms with Crippen LogP contribution in [0.4, 0.5) is 5.69 Å². The van der Waals surface area contributed by atoms with Crippen LogP contribution in [0.3, 0.4) is 0 Å². The first-order valence-corrected chi connectivity index (χ1v) is 8.07. The van der Waals surface area contributed by atoms with Crippen molar-refractivity contribution in [1.82, 2.24) is 9.13 Å². The number of aromatic nitrogens is 2. The van der Waals surface area contributed by atoms with Crippen molar-refractivity contribution in [2.24, 2.45) is 19.2 Å². The van der Waals surface area contributed by atoms with Crippen LogP contribution in [-0.4, -0.2) is 36.9 Å². The molecule has 0 unspecified atom stereocenters. The molecule has 1 aliphatic rings. The lowest BCUT2D eigenvalue weighted by atomic mass is 10.1. The molecular formula is C18H16N4O6. The van der Waals surface area contributed by atoms with Crippen LogP contribution >= 0.6 is 0 Å². The largest absolute Gasteiger partial charge is 0.494 e. The average Bonchev–Trinajstić information content (AvgIpc) is 2.96. The van der Waals surface area contributed by atoms with Gasteiger partial charge in [-0.3, -0.25) is 18.7 Å². The highest BCUT2D eigenvalue weighted by Gasteiger charge is 2.30. The predicted molar refractivity (Wildman–Crippen MR) is 101 cm³/mol. The van der Waals surface area contributed by atoms with Crippen molar-refractivity contribution in [3.8, 4) is 5.88 Å². The van der Waals surface area contributed by atoms with Crippen LogP contribution in [0.15, 0.2) is 44.5 Å². The molecule has 1 aliphatic heterocycles. The molecule has 0 saturated heterocycles. The number of aromatic carboxylic acids is 1. The average molecular weight is 384 g/mol. The van der Waals surface area contributed by atoms with E-state index in [1.807, 2.05) is 0 Å². The van der Waals surface area contributed by atoms with Crippen LogP contribution in [0.5, 0.6) is 5.88 Å². The predicted octanol–water partition coefficient (Wildman–Crippen LogP) is 0.294. The summed E-state index contributed by atoms with van der Waals surface area (Å²) >= 11 is 0. The van der Waals surface area contributed by atoms with E-state index < -0.39 is 29.0 Å².